The molecule has 3 aromatic carbocycles. The molecule has 0 radical (unpaired) electrons. The predicted octanol–water partition coefficient (Wildman–Crippen LogP) is 6.96. The monoisotopic (exact) mass is 553 g/mol. The Morgan fingerprint density at radius 1 is 1.03 bits per heavy atom. The third kappa shape index (κ3) is 5.41. The normalized spacial score (nSPS) is 14.7. The van der Waals surface area contributed by atoms with Crippen LogP contribution in [0.4, 0.5) is 14.9 Å². The lowest BCUT2D eigenvalue weighted by Gasteiger charge is -2.13. The molecule has 1 aromatic heterocycles. The molecule has 37 heavy (non-hydrogen) atoms. The smallest absolute Gasteiger partial charge is 0.293 e. The van der Waals surface area contributed by atoms with E-state index in [1.165, 1.54) is 24.3 Å². The Morgan fingerprint density at radius 3 is 2.54 bits per heavy atom. The number of halogens is 3. The Hall–Kier alpha value is -3.59. The van der Waals surface area contributed by atoms with Crippen molar-refractivity contribution in [3.63, 3.8) is 0 Å². The number of fused-ring (bicyclic) bond motifs is 1. The Labute approximate surface area is 225 Å². The third-order valence-corrected chi connectivity index (χ3v) is 7.26. The van der Waals surface area contributed by atoms with Crippen LogP contribution >= 0.6 is 35.0 Å². The van der Waals surface area contributed by atoms with Gasteiger partial charge in [-0.25, -0.2) is 4.39 Å². The number of anilines is 1. The van der Waals surface area contributed by atoms with Gasteiger partial charge in [0.25, 0.3) is 11.1 Å². The largest absolute Gasteiger partial charge is 0.337 e. The Kier molecular flexibility index (Phi) is 7.06. The summed E-state index contributed by atoms with van der Waals surface area (Å²) in [7, 11) is 0. The third-order valence-electron chi connectivity index (χ3n) is 5.77. The quantitative estimate of drug-likeness (QED) is 0.262. The Bertz CT molecular complexity index is 1580. The van der Waals surface area contributed by atoms with Crippen LogP contribution in [0.5, 0.6) is 0 Å². The number of carbonyl (C=O) groups excluding carboxylic acids is 3. The second kappa shape index (κ2) is 10.4. The minimum Gasteiger partial charge on any atom is -0.337 e. The van der Waals surface area contributed by atoms with Gasteiger partial charge in [-0.1, -0.05) is 47.5 Å². The van der Waals surface area contributed by atoms with E-state index >= 15 is 0 Å². The number of para-hydroxylation sites is 1. The fourth-order valence-electron chi connectivity index (χ4n) is 4.01. The number of thioether (sulfide) groups is 1. The molecule has 0 aliphatic carbocycles. The van der Waals surface area contributed by atoms with E-state index in [0.717, 1.165) is 27.6 Å². The molecule has 186 valence electrons. The summed E-state index contributed by atoms with van der Waals surface area (Å²) < 4.78 is 14.9. The molecule has 1 aliphatic heterocycles. The summed E-state index contributed by atoms with van der Waals surface area (Å²) in [5.41, 5.74) is 2.58. The maximum atomic E-state index is 13.1. The topological polar surface area (TPSA) is 71.4 Å². The van der Waals surface area contributed by atoms with Crippen LogP contribution in [-0.4, -0.2) is 26.5 Å². The average Bonchev–Trinajstić information content (AvgIpc) is 3.34. The highest BCUT2D eigenvalue weighted by Gasteiger charge is 2.35. The van der Waals surface area contributed by atoms with Crippen LogP contribution in [0.1, 0.15) is 11.1 Å². The Morgan fingerprint density at radius 2 is 1.78 bits per heavy atom. The van der Waals surface area contributed by atoms with Crippen LogP contribution in [-0.2, 0) is 22.7 Å². The lowest BCUT2D eigenvalue weighted by atomic mass is 10.1. The minimum atomic E-state index is -0.424. The minimum absolute atomic E-state index is 0.00226. The number of nitrogens with zero attached hydrogens (tertiary/aromatic N) is 2. The van der Waals surface area contributed by atoms with Gasteiger partial charge in [0.2, 0.25) is 5.91 Å². The molecule has 1 saturated heterocycles. The van der Waals surface area contributed by atoms with Crippen molar-refractivity contribution in [1.29, 1.82) is 0 Å². The standard InChI is InChI=1S/C27H18Cl2FN3O3S/c28-18-6-5-16(22(29)12-18)14-33-26(35)24(37-27(33)36)11-17-13-32(23-4-2-1-3-21(17)23)15-25(34)31-20-9-7-19(30)8-10-20/h1-13H,14-15H2,(H,31,34)/b24-11-. The zero-order valence-electron chi connectivity index (χ0n) is 19.1. The molecule has 0 saturated carbocycles. The summed E-state index contributed by atoms with van der Waals surface area (Å²) in [6.45, 7) is 0.0333. The first-order valence-corrected chi connectivity index (χ1v) is 12.7. The molecule has 0 unspecified atom stereocenters. The van der Waals surface area contributed by atoms with E-state index in [-0.39, 0.29) is 29.7 Å². The van der Waals surface area contributed by atoms with Crippen molar-refractivity contribution < 1.29 is 18.8 Å². The summed E-state index contributed by atoms with van der Waals surface area (Å²) in [6.07, 6.45) is 3.42. The van der Waals surface area contributed by atoms with Crippen LogP contribution in [0.25, 0.3) is 17.0 Å². The molecule has 0 bridgehead atoms. The maximum Gasteiger partial charge on any atom is 0.293 e. The highest BCUT2D eigenvalue weighted by atomic mass is 35.5. The highest BCUT2D eigenvalue weighted by molar-refractivity contribution is 8.18. The van der Waals surface area contributed by atoms with Crippen molar-refractivity contribution in [3.8, 4) is 0 Å². The molecule has 3 amide bonds. The lowest BCUT2D eigenvalue weighted by molar-refractivity contribution is -0.123. The molecule has 2 heterocycles. The van der Waals surface area contributed by atoms with Crippen molar-refractivity contribution in [2.24, 2.45) is 0 Å². The number of hydrogen-bond donors (Lipinski definition) is 1. The zero-order chi connectivity index (χ0) is 26.1. The van der Waals surface area contributed by atoms with Crippen molar-refractivity contribution in [2.45, 2.75) is 13.1 Å². The van der Waals surface area contributed by atoms with Gasteiger partial charge < -0.3 is 9.88 Å². The summed E-state index contributed by atoms with van der Waals surface area (Å²) in [4.78, 5) is 39.8. The van der Waals surface area contributed by atoms with Crippen LogP contribution in [0, 0.1) is 5.82 Å². The summed E-state index contributed by atoms with van der Waals surface area (Å²) in [6, 6.07) is 17.9. The van der Waals surface area contributed by atoms with Crippen LogP contribution < -0.4 is 5.32 Å². The van der Waals surface area contributed by atoms with Gasteiger partial charge in [0.1, 0.15) is 12.4 Å². The molecule has 1 fully saturated rings. The van der Waals surface area contributed by atoms with Gasteiger partial charge in [-0.2, -0.15) is 0 Å². The van der Waals surface area contributed by atoms with Crippen molar-refractivity contribution in [1.82, 2.24) is 9.47 Å². The lowest BCUT2D eigenvalue weighted by Crippen LogP contribution is -2.27. The molecule has 0 atom stereocenters. The number of rotatable bonds is 6. The van der Waals surface area contributed by atoms with Gasteiger partial charge in [-0.05, 0) is 65.9 Å². The molecule has 4 aromatic rings. The van der Waals surface area contributed by atoms with Crippen molar-refractivity contribution >= 4 is 74.7 Å². The molecule has 1 N–H and O–H groups in total. The molecule has 0 spiro atoms. The van der Waals surface area contributed by atoms with E-state index in [2.05, 4.69) is 5.32 Å². The van der Waals surface area contributed by atoms with E-state index < -0.39 is 11.1 Å². The van der Waals surface area contributed by atoms with E-state index in [9.17, 15) is 18.8 Å². The first kappa shape index (κ1) is 25.1. The second-order valence-electron chi connectivity index (χ2n) is 8.29. The highest BCUT2D eigenvalue weighted by Crippen LogP contribution is 2.36. The predicted molar refractivity (Wildman–Crippen MR) is 145 cm³/mol. The van der Waals surface area contributed by atoms with Crippen molar-refractivity contribution in [2.75, 3.05) is 5.32 Å². The molecule has 1 aliphatic rings. The first-order valence-electron chi connectivity index (χ1n) is 11.1. The zero-order valence-corrected chi connectivity index (χ0v) is 21.4. The van der Waals surface area contributed by atoms with Crippen molar-refractivity contribution in [3.05, 3.63) is 105 Å². The van der Waals surface area contributed by atoms with Crippen LogP contribution in [0.3, 0.4) is 0 Å². The van der Waals surface area contributed by atoms with Gasteiger partial charge in [0.15, 0.2) is 0 Å². The molecular weight excluding hydrogens is 536 g/mol. The van der Waals surface area contributed by atoms with Gasteiger partial charge in [0.05, 0.1) is 11.4 Å². The molecule has 6 nitrogen and oxygen atoms in total. The summed E-state index contributed by atoms with van der Waals surface area (Å²) in [5, 5.41) is 4.01. The van der Waals surface area contributed by atoms with E-state index in [1.54, 1.807) is 35.0 Å². The number of imide groups is 1. The van der Waals surface area contributed by atoms with E-state index in [4.69, 9.17) is 23.2 Å². The second-order valence-corrected chi connectivity index (χ2v) is 10.1. The summed E-state index contributed by atoms with van der Waals surface area (Å²) >= 11 is 13.0. The first-order chi connectivity index (χ1) is 17.8. The van der Waals surface area contributed by atoms with Gasteiger partial charge in [-0.3, -0.25) is 19.3 Å². The SMILES string of the molecule is O=C(Cn1cc(/C=C2\SC(=O)N(Cc3ccc(Cl)cc3Cl)C2=O)c2ccccc21)Nc1ccc(F)cc1. The number of amides is 3. The average molecular weight is 554 g/mol. The van der Waals surface area contributed by atoms with E-state index in [0.29, 0.717) is 26.9 Å². The number of nitrogens with one attached hydrogen (secondary N) is 1. The van der Waals surface area contributed by atoms with Gasteiger partial charge >= 0.3 is 0 Å². The molecule has 5 rings (SSSR count). The van der Waals surface area contributed by atoms with Gasteiger partial charge in [0, 0.05) is 38.4 Å². The van der Waals surface area contributed by atoms with Crippen LogP contribution in [0.15, 0.2) is 77.8 Å². The van der Waals surface area contributed by atoms with Crippen LogP contribution in [0.2, 0.25) is 10.0 Å². The maximum absolute atomic E-state index is 13.1. The number of carbonyl (C=O) groups is 3. The fraction of sp³-hybridized carbons (Fsp3) is 0.0741. The Balaban J connectivity index is 1.39. The molecular formula is C27H18Cl2FN3O3S. The number of hydrogen-bond acceptors (Lipinski definition) is 4. The number of benzene rings is 3. The number of aromatic nitrogens is 1. The van der Waals surface area contributed by atoms with E-state index in [1.807, 2.05) is 24.3 Å². The van der Waals surface area contributed by atoms with Gasteiger partial charge in [-0.15, -0.1) is 0 Å². The fourth-order valence-corrected chi connectivity index (χ4v) is 5.30. The molecule has 10 heteroatoms. The summed E-state index contributed by atoms with van der Waals surface area (Å²) in [5.74, 6) is -1.11.